The molecule has 0 spiro atoms. The van der Waals surface area contributed by atoms with Crippen LogP contribution < -0.4 is 0 Å². The number of rotatable bonds is 7. The van der Waals surface area contributed by atoms with E-state index in [0.717, 1.165) is 19.3 Å². The van der Waals surface area contributed by atoms with Crippen LogP contribution in [0.25, 0.3) is 0 Å². The zero-order valence-corrected chi connectivity index (χ0v) is 8.13. The van der Waals surface area contributed by atoms with Crippen LogP contribution in [0.4, 0.5) is 0 Å². The summed E-state index contributed by atoms with van der Waals surface area (Å²) in [4.78, 5) is 0. The van der Waals surface area contributed by atoms with Crippen LogP contribution in [-0.2, 0) is 0 Å². The van der Waals surface area contributed by atoms with Crippen molar-refractivity contribution in [2.45, 2.75) is 37.7 Å². The average molecular weight is 178 g/mol. The second-order valence-corrected chi connectivity index (χ2v) is 3.27. The molecule has 0 aromatic carbocycles. The van der Waals surface area contributed by atoms with Gasteiger partial charge in [-0.05, 0) is 25.7 Å². The highest BCUT2D eigenvalue weighted by Crippen LogP contribution is 2.23. The molecule has 0 aromatic heterocycles. The van der Waals surface area contributed by atoms with E-state index in [4.69, 9.17) is 6.42 Å². The van der Waals surface area contributed by atoms with Crippen molar-refractivity contribution >= 4 is 0 Å². The predicted octanol–water partition coefficient (Wildman–Crippen LogP) is 2.67. The fourth-order valence-electron chi connectivity index (χ4n) is 1.34. The highest BCUT2D eigenvalue weighted by Gasteiger charge is 2.22. The van der Waals surface area contributed by atoms with Crippen LogP contribution in [0, 0.1) is 12.3 Å². The second kappa shape index (κ2) is 6.51. The molecule has 0 fully saturated rings. The van der Waals surface area contributed by atoms with Crippen molar-refractivity contribution in [1.29, 1.82) is 0 Å². The molecule has 0 rings (SSSR count). The third-order valence-electron chi connectivity index (χ3n) is 2.01. The summed E-state index contributed by atoms with van der Waals surface area (Å²) in [6.07, 6.45) is 12.1. The molecular weight excluding hydrogens is 160 g/mol. The average Bonchev–Trinajstić information content (AvgIpc) is 2.05. The highest BCUT2D eigenvalue weighted by atomic mass is 16.3. The van der Waals surface area contributed by atoms with Gasteiger partial charge >= 0.3 is 0 Å². The molecule has 0 radical (unpaired) electrons. The topological polar surface area (TPSA) is 20.2 Å². The highest BCUT2D eigenvalue weighted by molar-refractivity contribution is 4.93. The van der Waals surface area contributed by atoms with Gasteiger partial charge < -0.3 is 5.11 Å². The number of aliphatic hydroxyl groups is 1. The van der Waals surface area contributed by atoms with Gasteiger partial charge in [-0.3, -0.25) is 0 Å². The first kappa shape index (κ1) is 12.0. The Kier molecular flexibility index (Phi) is 6.01. The van der Waals surface area contributed by atoms with E-state index in [1.165, 1.54) is 0 Å². The van der Waals surface area contributed by atoms with E-state index in [1.807, 2.05) is 0 Å². The Hall–Kier alpha value is -1.00. The lowest BCUT2D eigenvalue weighted by molar-refractivity contribution is 0.0358. The van der Waals surface area contributed by atoms with Gasteiger partial charge in [0.15, 0.2) is 0 Å². The molecule has 0 heterocycles. The first-order valence-corrected chi connectivity index (χ1v) is 4.56. The van der Waals surface area contributed by atoms with Crippen molar-refractivity contribution in [3.05, 3.63) is 25.3 Å². The number of hydrogen-bond acceptors (Lipinski definition) is 1. The van der Waals surface area contributed by atoms with E-state index in [1.54, 1.807) is 12.2 Å². The van der Waals surface area contributed by atoms with Gasteiger partial charge in [-0.25, -0.2) is 0 Å². The van der Waals surface area contributed by atoms with Gasteiger partial charge in [-0.15, -0.1) is 25.5 Å². The molecule has 0 saturated heterocycles. The maximum Gasteiger partial charge on any atom is 0.0716 e. The Morgan fingerprint density at radius 3 is 2.23 bits per heavy atom. The van der Waals surface area contributed by atoms with E-state index in [0.29, 0.717) is 12.8 Å². The van der Waals surface area contributed by atoms with Gasteiger partial charge in [-0.1, -0.05) is 12.2 Å². The van der Waals surface area contributed by atoms with E-state index in [-0.39, 0.29) is 0 Å². The monoisotopic (exact) mass is 178 g/mol. The van der Waals surface area contributed by atoms with E-state index in [2.05, 4.69) is 19.1 Å². The third-order valence-corrected chi connectivity index (χ3v) is 2.01. The van der Waals surface area contributed by atoms with E-state index >= 15 is 0 Å². The summed E-state index contributed by atoms with van der Waals surface area (Å²) in [6, 6.07) is 0. The molecule has 0 atom stereocenters. The Labute approximate surface area is 81.2 Å². The molecular formula is C12H18O. The van der Waals surface area contributed by atoms with Crippen molar-refractivity contribution < 1.29 is 5.11 Å². The summed E-state index contributed by atoms with van der Waals surface area (Å²) in [7, 11) is 0. The Balaban J connectivity index is 3.99. The van der Waals surface area contributed by atoms with Crippen molar-refractivity contribution in [2.75, 3.05) is 0 Å². The predicted molar refractivity (Wildman–Crippen MR) is 57.3 cm³/mol. The molecule has 1 heteroatoms. The van der Waals surface area contributed by atoms with Crippen LogP contribution in [0.3, 0.4) is 0 Å². The van der Waals surface area contributed by atoms with Crippen LogP contribution in [0.2, 0.25) is 0 Å². The lowest BCUT2D eigenvalue weighted by atomic mass is 9.90. The number of terminal acetylenes is 1. The van der Waals surface area contributed by atoms with E-state index < -0.39 is 5.60 Å². The third kappa shape index (κ3) is 5.27. The minimum Gasteiger partial charge on any atom is -0.389 e. The van der Waals surface area contributed by atoms with Gasteiger partial charge in [-0.2, -0.15) is 0 Å². The molecule has 0 unspecified atom stereocenters. The van der Waals surface area contributed by atoms with Crippen LogP contribution in [0.1, 0.15) is 32.1 Å². The first-order chi connectivity index (χ1) is 6.18. The standard InChI is InChI=1S/C12H18O/c1-4-7-8-11-12(13,9-5-2)10-6-3/h1,5-6,13H,2-3,7-11H2. The normalized spacial score (nSPS) is 10.5. The summed E-state index contributed by atoms with van der Waals surface area (Å²) >= 11 is 0. The summed E-state index contributed by atoms with van der Waals surface area (Å²) in [6.45, 7) is 7.24. The lowest BCUT2D eigenvalue weighted by Crippen LogP contribution is -2.26. The fourth-order valence-corrected chi connectivity index (χ4v) is 1.34. The quantitative estimate of drug-likeness (QED) is 0.361. The maximum atomic E-state index is 10.0. The largest absolute Gasteiger partial charge is 0.389 e. The van der Waals surface area contributed by atoms with Crippen molar-refractivity contribution in [1.82, 2.24) is 0 Å². The Morgan fingerprint density at radius 1 is 1.31 bits per heavy atom. The number of hydrogen-bond donors (Lipinski definition) is 1. The van der Waals surface area contributed by atoms with Crippen molar-refractivity contribution in [2.24, 2.45) is 0 Å². The minimum absolute atomic E-state index is 0.601. The van der Waals surface area contributed by atoms with Gasteiger partial charge in [0, 0.05) is 6.42 Å². The summed E-state index contributed by atoms with van der Waals surface area (Å²) in [5.41, 5.74) is -0.680. The molecule has 0 aromatic rings. The first-order valence-electron chi connectivity index (χ1n) is 4.56. The van der Waals surface area contributed by atoms with Crippen molar-refractivity contribution in [3.8, 4) is 12.3 Å². The van der Waals surface area contributed by atoms with Crippen LogP contribution in [0.15, 0.2) is 25.3 Å². The van der Waals surface area contributed by atoms with Gasteiger partial charge in [0.05, 0.1) is 5.60 Å². The summed E-state index contributed by atoms with van der Waals surface area (Å²) in [5.74, 6) is 2.56. The van der Waals surface area contributed by atoms with Crippen LogP contribution in [-0.4, -0.2) is 10.7 Å². The lowest BCUT2D eigenvalue weighted by Gasteiger charge is -2.25. The minimum atomic E-state index is -0.680. The smallest absolute Gasteiger partial charge is 0.0716 e. The maximum absolute atomic E-state index is 10.0. The Bertz CT molecular complexity index is 188. The molecule has 1 nitrogen and oxygen atoms in total. The molecule has 0 aliphatic carbocycles. The zero-order chi connectivity index (χ0) is 10.2. The van der Waals surface area contributed by atoms with Gasteiger partial charge in [0.2, 0.25) is 0 Å². The summed E-state index contributed by atoms with van der Waals surface area (Å²) in [5, 5.41) is 10.0. The van der Waals surface area contributed by atoms with Crippen LogP contribution in [0.5, 0.6) is 0 Å². The molecule has 0 amide bonds. The zero-order valence-electron chi connectivity index (χ0n) is 8.13. The number of unbranched alkanes of at least 4 members (excludes halogenated alkanes) is 1. The summed E-state index contributed by atoms with van der Waals surface area (Å²) < 4.78 is 0. The van der Waals surface area contributed by atoms with Crippen molar-refractivity contribution in [3.63, 3.8) is 0 Å². The molecule has 0 bridgehead atoms. The van der Waals surface area contributed by atoms with Gasteiger partial charge in [0.25, 0.3) is 0 Å². The molecule has 1 N–H and O–H groups in total. The molecule has 0 aliphatic rings. The van der Waals surface area contributed by atoms with Crippen LogP contribution >= 0.6 is 0 Å². The second-order valence-electron chi connectivity index (χ2n) is 3.27. The molecule has 0 aliphatic heterocycles. The SMILES string of the molecule is C#CCCCC(O)(CC=C)CC=C. The molecule has 0 saturated carbocycles. The molecule has 13 heavy (non-hydrogen) atoms. The Morgan fingerprint density at radius 2 is 1.85 bits per heavy atom. The van der Waals surface area contributed by atoms with E-state index in [9.17, 15) is 5.11 Å². The fraction of sp³-hybridized carbons (Fsp3) is 0.500. The molecule has 72 valence electrons. The van der Waals surface area contributed by atoms with Gasteiger partial charge in [0.1, 0.15) is 0 Å².